The first-order valence-electron chi connectivity index (χ1n) is 9.78. The first-order chi connectivity index (χ1) is 15.5. The van der Waals surface area contributed by atoms with Gasteiger partial charge in [0, 0.05) is 17.0 Å². The number of carbonyl (C=O) groups is 4. The van der Waals surface area contributed by atoms with Crippen LogP contribution in [0.2, 0.25) is 0 Å². The van der Waals surface area contributed by atoms with E-state index in [0.717, 1.165) is 16.5 Å². The number of carbonyl (C=O) groups excluding carboxylic acids is 2. The summed E-state index contributed by atoms with van der Waals surface area (Å²) in [7, 11) is 0. The molecular weight excluding hydrogens is 459 g/mol. The van der Waals surface area contributed by atoms with E-state index in [-0.39, 0.29) is 30.2 Å². The third-order valence-corrected chi connectivity index (χ3v) is 6.45. The standard InChI is InChI=1S/C20H21FN4O7S/c21-11-5-10(17(22)23)1-2-13(11)32-19(30)14-6-9-3-4-25(8-15(9)33-14)20(31)24-12(18(28)29)7-16(26)27/h1-2,5,12,14H,3-4,6-8H2,(H3,22,23)(H,24,31)(H,26,27)(H,28,29)/t12-,14?/m0/s1. The Balaban J connectivity index is 1.58. The number of carboxylic acids is 2. The molecule has 2 amide bonds. The lowest BCUT2D eigenvalue weighted by molar-refractivity contribution is -0.145. The van der Waals surface area contributed by atoms with Crippen LogP contribution in [-0.2, 0) is 14.4 Å². The topological polar surface area (TPSA) is 183 Å². The number of benzene rings is 1. The minimum atomic E-state index is -1.56. The number of aliphatic carboxylic acids is 2. The Morgan fingerprint density at radius 2 is 2.06 bits per heavy atom. The number of esters is 1. The van der Waals surface area contributed by atoms with Gasteiger partial charge in [0.1, 0.15) is 17.1 Å². The fourth-order valence-corrected chi connectivity index (χ4v) is 4.75. The van der Waals surface area contributed by atoms with Crippen molar-refractivity contribution >= 4 is 41.5 Å². The number of halogens is 1. The molecule has 176 valence electrons. The molecule has 2 aliphatic heterocycles. The maximum Gasteiger partial charge on any atom is 0.326 e. The predicted molar refractivity (Wildman–Crippen MR) is 114 cm³/mol. The smallest absolute Gasteiger partial charge is 0.326 e. The predicted octanol–water partition coefficient (Wildman–Crippen LogP) is 1.12. The molecule has 1 unspecified atom stereocenters. The van der Waals surface area contributed by atoms with Crippen LogP contribution in [0.5, 0.6) is 5.75 Å². The van der Waals surface area contributed by atoms with Gasteiger partial charge in [-0.3, -0.25) is 15.0 Å². The van der Waals surface area contributed by atoms with Crippen molar-refractivity contribution in [3.63, 3.8) is 0 Å². The van der Waals surface area contributed by atoms with Crippen molar-refractivity contribution in [3.8, 4) is 5.75 Å². The number of hydrogen-bond donors (Lipinski definition) is 5. The van der Waals surface area contributed by atoms with Gasteiger partial charge in [0.25, 0.3) is 0 Å². The van der Waals surface area contributed by atoms with Crippen LogP contribution in [0.1, 0.15) is 24.8 Å². The number of nitrogen functional groups attached to an aromatic ring is 1. The van der Waals surface area contributed by atoms with Crippen molar-refractivity contribution in [2.45, 2.75) is 30.6 Å². The number of carboxylic acid groups (broad SMARTS) is 2. The molecule has 1 aromatic carbocycles. The molecule has 0 spiro atoms. The summed E-state index contributed by atoms with van der Waals surface area (Å²) in [4.78, 5) is 49.1. The average Bonchev–Trinajstić information content (AvgIpc) is 3.17. The van der Waals surface area contributed by atoms with Gasteiger partial charge < -0.3 is 30.9 Å². The third-order valence-electron chi connectivity index (χ3n) is 5.11. The summed E-state index contributed by atoms with van der Waals surface area (Å²) >= 11 is 1.19. The maximum atomic E-state index is 14.2. The normalized spacial score (nSPS) is 18.3. The number of thioether (sulfide) groups is 1. The lowest BCUT2D eigenvalue weighted by atomic mass is 10.0. The van der Waals surface area contributed by atoms with Gasteiger partial charge in [-0.25, -0.2) is 14.0 Å². The number of ether oxygens (including phenoxy) is 1. The van der Waals surface area contributed by atoms with Crippen molar-refractivity contribution in [1.82, 2.24) is 10.2 Å². The van der Waals surface area contributed by atoms with Gasteiger partial charge in [0.15, 0.2) is 11.6 Å². The fourth-order valence-electron chi connectivity index (χ4n) is 3.39. The number of amides is 2. The monoisotopic (exact) mass is 480 g/mol. The van der Waals surface area contributed by atoms with Crippen molar-refractivity contribution in [1.29, 1.82) is 5.41 Å². The second-order valence-electron chi connectivity index (χ2n) is 7.43. The molecular formula is C20H21FN4O7S. The van der Waals surface area contributed by atoms with E-state index in [2.05, 4.69) is 5.32 Å². The molecule has 1 aromatic rings. The van der Waals surface area contributed by atoms with Crippen molar-refractivity contribution in [2.75, 3.05) is 13.1 Å². The summed E-state index contributed by atoms with van der Waals surface area (Å²) in [6.45, 7) is 0.407. The largest absolute Gasteiger partial charge is 0.481 e. The van der Waals surface area contributed by atoms with Gasteiger partial charge in [0.05, 0.1) is 13.0 Å². The summed E-state index contributed by atoms with van der Waals surface area (Å²) in [5, 5.41) is 26.8. The lowest BCUT2D eigenvalue weighted by Crippen LogP contribution is -2.50. The minimum Gasteiger partial charge on any atom is -0.481 e. The number of amidine groups is 1. The lowest BCUT2D eigenvalue weighted by Gasteiger charge is -2.29. The summed E-state index contributed by atoms with van der Waals surface area (Å²) in [6.07, 6.45) is 0.0750. The highest BCUT2D eigenvalue weighted by molar-refractivity contribution is 8.04. The van der Waals surface area contributed by atoms with Gasteiger partial charge in [0.2, 0.25) is 0 Å². The molecule has 13 heteroatoms. The van der Waals surface area contributed by atoms with Crippen molar-refractivity contribution in [2.24, 2.45) is 5.73 Å². The minimum absolute atomic E-state index is 0.136. The Hall–Kier alpha value is -3.61. The second kappa shape index (κ2) is 9.90. The first kappa shape index (κ1) is 24.0. The number of nitrogens with one attached hydrogen (secondary N) is 2. The van der Waals surface area contributed by atoms with Crippen molar-refractivity contribution < 1.29 is 38.5 Å². The molecule has 2 atom stereocenters. The molecule has 0 bridgehead atoms. The van der Waals surface area contributed by atoms with E-state index in [9.17, 15) is 23.6 Å². The van der Waals surface area contributed by atoms with E-state index >= 15 is 0 Å². The van der Waals surface area contributed by atoms with E-state index in [1.165, 1.54) is 28.8 Å². The summed E-state index contributed by atoms with van der Waals surface area (Å²) in [5.74, 6) is -4.90. The number of hydrogen-bond acceptors (Lipinski definition) is 7. The Bertz CT molecular complexity index is 1060. The van der Waals surface area contributed by atoms with Crippen LogP contribution in [0.15, 0.2) is 28.7 Å². The Labute approximate surface area is 191 Å². The van der Waals surface area contributed by atoms with E-state index in [1.807, 2.05) is 0 Å². The first-order valence-corrected chi connectivity index (χ1v) is 10.7. The SMILES string of the molecule is N=C(N)c1ccc(OC(=O)C2CC3=C(CN(C(=O)N[C@@H](CC(=O)O)C(=O)O)CC3)S2)c(F)c1. The third kappa shape index (κ3) is 5.80. The highest BCUT2D eigenvalue weighted by Crippen LogP contribution is 2.42. The molecule has 6 N–H and O–H groups in total. The zero-order chi connectivity index (χ0) is 24.3. The molecule has 2 heterocycles. The van der Waals surface area contributed by atoms with E-state index in [1.54, 1.807) is 0 Å². The zero-order valence-corrected chi connectivity index (χ0v) is 18.0. The second-order valence-corrected chi connectivity index (χ2v) is 8.72. The van der Waals surface area contributed by atoms with Gasteiger partial charge in [-0.05, 0) is 31.0 Å². The number of nitrogens with two attached hydrogens (primary N) is 1. The molecule has 0 saturated carbocycles. The van der Waals surface area contributed by atoms with Crippen LogP contribution in [0.25, 0.3) is 0 Å². The van der Waals surface area contributed by atoms with Crippen LogP contribution in [0.4, 0.5) is 9.18 Å². The number of rotatable bonds is 7. The number of nitrogens with zero attached hydrogens (tertiary/aromatic N) is 1. The maximum absolute atomic E-state index is 14.2. The average molecular weight is 480 g/mol. The Kier molecular flexibility index (Phi) is 7.21. The fraction of sp³-hybridized carbons (Fsp3) is 0.350. The van der Waals surface area contributed by atoms with E-state index < -0.39 is 47.5 Å². The number of urea groups is 1. The molecule has 0 aromatic heterocycles. The van der Waals surface area contributed by atoms with Crippen LogP contribution in [-0.4, -0.2) is 69.3 Å². The molecule has 0 radical (unpaired) electrons. The highest BCUT2D eigenvalue weighted by atomic mass is 32.2. The highest BCUT2D eigenvalue weighted by Gasteiger charge is 2.36. The zero-order valence-electron chi connectivity index (χ0n) is 17.2. The molecule has 2 aliphatic rings. The molecule has 0 aliphatic carbocycles. The van der Waals surface area contributed by atoms with Gasteiger partial charge in [-0.1, -0.05) is 5.57 Å². The quantitative estimate of drug-likeness (QED) is 0.165. The van der Waals surface area contributed by atoms with Crippen molar-refractivity contribution in [3.05, 3.63) is 40.1 Å². The summed E-state index contributed by atoms with van der Waals surface area (Å²) in [5.41, 5.74) is 6.42. The Morgan fingerprint density at radius 1 is 1.33 bits per heavy atom. The van der Waals surface area contributed by atoms with Gasteiger partial charge in [-0.15, -0.1) is 11.8 Å². The van der Waals surface area contributed by atoms with Crippen LogP contribution < -0.4 is 15.8 Å². The molecule has 33 heavy (non-hydrogen) atoms. The Morgan fingerprint density at radius 3 is 2.67 bits per heavy atom. The molecule has 0 saturated heterocycles. The van der Waals surface area contributed by atoms with Crippen LogP contribution in [0, 0.1) is 11.2 Å². The summed E-state index contributed by atoms with van der Waals surface area (Å²) < 4.78 is 19.3. The van der Waals surface area contributed by atoms with Gasteiger partial charge in [-0.2, -0.15) is 0 Å². The van der Waals surface area contributed by atoms with E-state index in [4.69, 9.17) is 26.1 Å². The van der Waals surface area contributed by atoms with E-state index in [0.29, 0.717) is 12.8 Å². The van der Waals surface area contributed by atoms with Gasteiger partial charge >= 0.3 is 23.9 Å². The van der Waals surface area contributed by atoms with Crippen LogP contribution >= 0.6 is 11.8 Å². The molecule has 3 rings (SSSR count). The van der Waals surface area contributed by atoms with Crippen LogP contribution in [0.3, 0.4) is 0 Å². The molecule has 11 nitrogen and oxygen atoms in total. The summed E-state index contributed by atoms with van der Waals surface area (Å²) in [6, 6.07) is 1.31. The molecule has 0 fully saturated rings.